The Balaban J connectivity index is 2.22. The number of carboxylic acids is 1. The minimum Gasteiger partial charge on any atom is -0.549 e. The molecule has 0 saturated heterocycles. The molecule has 0 amide bonds. The van der Waals surface area contributed by atoms with Crippen LogP contribution in [0.3, 0.4) is 0 Å². The number of carbonyl (C=O) groups excluding carboxylic acids is 1. The van der Waals surface area contributed by atoms with E-state index >= 15 is 0 Å². The quantitative estimate of drug-likeness (QED) is 0.805. The van der Waals surface area contributed by atoms with Gasteiger partial charge in [-0.2, -0.15) is 0 Å². The van der Waals surface area contributed by atoms with E-state index in [2.05, 4.69) is 0 Å². The largest absolute Gasteiger partial charge is 0.549 e. The zero-order valence-corrected chi connectivity index (χ0v) is 9.44. The van der Waals surface area contributed by atoms with Crippen LogP contribution in [-0.2, 0) is 11.2 Å². The summed E-state index contributed by atoms with van der Waals surface area (Å²) in [6.07, 6.45) is 0.504. The van der Waals surface area contributed by atoms with Crippen molar-refractivity contribution < 1.29 is 9.90 Å². The van der Waals surface area contributed by atoms with E-state index in [-0.39, 0.29) is 0 Å². The molecule has 3 heteroatoms. The molecule has 1 unspecified atom stereocenters. The maximum Gasteiger partial charge on any atom is 0.0492 e. The van der Waals surface area contributed by atoms with Gasteiger partial charge in [-0.1, -0.05) is 36.4 Å². The molecule has 0 bridgehead atoms. The zero-order valence-electron chi connectivity index (χ0n) is 8.63. The van der Waals surface area contributed by atoms with Crippen molar-refractivity contribution in [1.29, 1.82) is 0 Å². The Morgan fingerprint density at radius 2 is 1.94 bits per heavy atom. The minimum absolute atomic E-state index is 0.504. The molecule has 0 saturated carbocycles. The number of carbonyl (C=O) groups is 1. The molecule has 16 heavy (non-hydrogen) atoms. The fourth-order valence-electron chi connectivity index (χ4n) is 1.65. The van der Waals surface area contributed by atoms with E-state index in [1.165, 1.54) is 0 Å². The highest BCUT2D eigenvalue weighted by Gasteiger charge is 2.13. The van der Waals surface area contributed by atoms with Gasteiger partial charge < -0.3 is 9.90 Å². The highest BCUT2D eigenvalue weighted by atomic mass is 32.1. The summed E-state index contributed by atoms with van der Waals surface area (Å²) >= 11 is 1.57. The summed E-state index contributed by atoms with van der Waals surface area (Å²) in [5, 5.41) is 13.1. The van der Waals surface area contributed by atoms with Crippen LogP contribution in [0.15, 0.2) is 47.8 Å². The van der Waals surface area contributed by atoms with Gasteiger partial charge in [0.15, 0.2) is 0 Å². The normalized spacial score (nSPS) is 12.2. The summed E-state index contributed by atoms with van der Waals surface area (Å²) in [5.41, 5.74) is 0.802. The first kappa shape index (κ1) is 10.9. The van der Waals surface area contributed by atoms with E-state index in [0.717, 1.165) is 10.4 Å². The van der Waals surface area contributed by atoms with Crippen LogP contribution in [-0.4, -0.2) is 5.97 Å². The van der Waals surface area contributed by atoms with Crippen LogP contribution >= 0.6 is 11.3 Å². The molecule has 0 aliphatic carbocycles. The molecular formula is C13H11O2S-. The monoisotopic (exact) mass is 231 g/mol. The SMILES string of the molecule is O=C([O-])C(Cc1cccs1)c1ccccc1. The standard InChI is InChI=1S/C13H12O2S/c14-13(15)12(9-11-7-4-8-16-11)10-5-2-1-3-6-10/h1-8,12H,9H2,(H,14,15)/p-1. The van der Waals surface area contributed by atoms with E-state index < -0.39 is 11.9 Å². The Hall–Kier alpha value is -1.61. The second-order valence-electron chi connectivity index (χ2n) is 3.57. The summed E-state index contributed by atoms with van der Waals surface area (Å²) in [6.45, 7) is 0. The van der Waals surface area contributed by atoms with Gasteiger partial charge in [-0.3, -0.25) is 0 Å². The van der Waals surface area contributed by atoms with Crippen molar-refractivity contribution in [1.82, 2.24) is 0 Å². The summed E-state index contributed by atoms with van der Waals surface area (Å²) in [6, 6.07) is 13.1. The van der Waals surface area contributed by atoms with Crippen LogP contribution in [0.25, 0.3) is 0 Å². The lowest BCUT2D eigenvalue weighted by atomic mass is 9.95. The molecule has 1 aromatic heterocycles. The Bertz CT molecular complexity index is 448. The van der Waals surface area contributed by atoms with E-state index in [1.807, 2.05) is 47.8 Å². The van der Waals surface area contributed by atoms with Gasteiger partial charge in [0, 0.05) is 16.8 Å². The van der Waals surface area contributed by atoms with E-state index in [0.29, 0.717) is 6.42 Å². The molecule has 0 fully saturated rings. The number of benzene rings is 1. The van der Waals surface area contributed by atoms with Crippen molar-refractivity contribution in [3.05, 3.63) is 58.3 Å². The Kier molecular flexibility index (Phi) is 3.37. The van der Waals surface area contributed by atoms with Crippen LogP contribution in [0, 0.1) is 0 Å². The third-order valence-electron chi connectivity index (χ3n) is 2.47. The number of aliphatic carboxylic acids is 1. The second-order valence-corrected chi connectivity index (χ2v) is 4.60. The first-order chi connectivity index (χ1) is 7.77. The van der Waals surface area contributed by atoms with Crippen molar-refractivity contribution in [2.24, 2.45) is 0 Å². The molecule has 0 spiro atoms. The lowest BCUT2D eigenvalue weighted by Gasteiger charge is -2.17. The summed E-state index contributed by atoms with van der Waals surface area (Å²) in [7, 11) is 0. The molecule has 0 N–H and O–H groups in total. The van der Waals surface area contributed by atoms with Gasteiger partial charge in [0.2, 0.25) is 0 Å². The zero-order chi connectivity index (χ0) is 11.4. The second kappa shape index (κ2) is 4.94. The van der Waals surface area contributed by atoms with Gasteiger partial charge in [0.1, 0.15) is 0 Å². The number of hydrogen-bond acceptors (Lipinski definition) is 3. The van der Waals surface area contributed by atoms with Gasteiger partial charge in [0.05, 0.1) is 0 Å². The lowest BCUT2D eigenvalue weighted by Crippen LogP contribution is -2.30. The molecule has 0 aliphatic rings. The third kappa shape index (κ3) is 2.49. The first-order valence-electron chi connectivity index (χ1n) is 5.05. The minimum atomic E-state index is -1.01. The van der Waals surface area contributed by atoms with Crippen LogP contribution in [0.2, 0.25) is 0 Å². The summed E-state index contributed by atoms with van der Waals surface area (Å²) in [5.74, 6) is -1.57. The Labute approximate surface area is 98.2 Å². The summed E-state index contributed by atoms with van der Waals surface area (Å²) in [4.78, 5) is 12.2. The van der Waals surface area contributed by atoms with Gasteiger partial charge in [0.25, 0.3) is 0 Å². The maximum absolute atomic E-state index is 11.1. The van der Waals surface area contributed by atoms with Crippen LogP contribution in [0.1, 0.15) is 16.4 Å². The van der Waals surface area contributed by atoms with Crippen LogP contribution in [0.5, 0.6) is 0 Å². The highest BCUT2D eigenvalue weighted by Crippen LogP contribution is 2.22. The molecule has 2 rings (SSSR count). The third-order valence-corrected chi connectivity index (χ3v) is 3.37. The molecule has 0 radical (unpaired) electrons. The molecule has 2 nitrogen and oxygen atoms in total. The summed E-state index contributed by atoms with van der Waals surface area (Å²) < 4.78 is 0. The Morgan fingerprint density at radius 1 is 1.19 bits per heavy atom. The van der Waals surface area contributed by atoms with Gasteiger partial charge in [-0.15, -0.1) is 11.3 Å². The van der Waals surface area contributed by atoms with Gasteiger partial charge >= 0.3 is 0 Å². The average Bonchev–Trinajstić information content (AvgIpc) is 2.79. The number of hydrogen-bond donors (Lipinski definition) is 0. The molecule has 82 valence electrons. The fraction of sp³-hybridized carbons (Fsp3) is 0.154. The van der Waals surface area contributed by atoms with Crippen LogP contribution < -0.4 is 5.11 Å². The molecule has 2 aromatic rings. The van der Waals surface area contributed by atoms with E-state index in [4.69, 9.17) is 0 Å². The molecule has 1 heterocycles. The number of carboxylic acid groups (broad SMARTS) is 1. The Morgan fingerprint density at radius 3 is 2.50 bits per heavy atom. The topological polar surface area (TPSA) is 40.1 Å². The molecule has 1 atom stereocenters. The van der Waals surface area contributed by atoms with Gasteiger partial charge in [-0.25, -0.2) is 0 Å². The van der Waals surface area contributed by atoms with Crippen molar-refractivity contribution in [3.63, 3.8) is 0 Å². The predicted molar refractivity (Wildman–Crippen MR) is 62.2 cm³/mol. The smallest absolute Gasteiger partial charge is 0.0492 e. The lowest BCUT2D eigenvalue weighted by molar-refractivity contribution is -0.308. The van der Waals surface area contributed by atoms with E-state index in [9.17, 15) is 9.90 Å². The molecular weight excluding hydrogens is 220 g/mol. The number of rotatable bonds is 4. The fourth-order valence-corrected chi connectivity index (χ4v) is 2.40. The van der Waals surface area contributed by atoms with Gasteiger partial charge in [-0.05, 0) is 23.4 Å². The molecule has 0 aliphatic heterocycles. The van der Waals surface area contributed by atoms with E-state index in [1.54, 1.807) is 11.3 Å². The number of thiophene rings is 1. The highest BCUT2D eigenvalue weighted by molar-refractivity contribution is 7.09. The maximum atomic E-state index is 11.1. The van der Waals surface area contributed by atoms with Crippen molar-refractivity contribution in [2.45, 2.75) is 12.3 Å². The van der Waals surface area contributed by atoms with Crippen molar-refractivity contribution in [2.75, 3.05) is 0 Å². The first-order valence-corrected chi connectivity index (χ1v) is 5.93. The average molecular weight is 231 g/mol. The van der Waals surface area contributed by atoms with Crippen molar-refractivity contribution in [3.8, 4) is 0 Å². The van der Waals surface area contributed by atoms with Crippen molar-refractivity contribution >= 4 is 17.3 Å². The molecule has 1 aromatic carbocycles. The predicted octanol–water partition coefficient (Wildman–Crippen LogP) is 1.82. The van der Waals surface area contributed by atoms with Crippen LogP contribution in [0.4, 0.5) is 0 Å².